The zero-order valence-corrected chi connectivity index (χ0v) is 16.3. The van der Waals surface area contributed by atoms with E-state index in [0.717, 1.165) is 11.0 Å². The first-order valence-corrected chi connectivity index (χ1v) is 9.92. The van der Waals surface area contributed by atoms with Gasteiger partial charge in [-0.15, -0.1) is 10.2 Å². The van der Waals surface area contributed by atoms with Gasteiger partial charge in [0.1, 0.15) is 11.4 Å². The van der Waals surface area contributed by atoms with Gasteiger partial charge in [-0.05, 0) is 43.3 Å². The number of thioether (sulfide) groups is 1. The van der Waals surface area contributed by atoms with E-state index in [2.05, 4.69) is 20.5 Å². The number of nitrogens with one attached hydrogen (secondary N) is 1. The van der Waals surface area contributed by atoms with Crippen LogP contribution in [-0.2, 0) is 9.53 Å². The van der Waals surface area contributed by atoms with Crippen LogP contribution in [0.15, 0.2) is 59.9 Å². The van der Waals surface area contributed by atoms with Gasteiger partial charge in [-0.3, -0.25) is 9.20 Å². The molecule has 1 N–H and O–H groups in total. The lowest BCUT2D eigenvalue weighted by Crippen LogP contribution is -2.14. The van der Waals surface area contributed by atoms with Crippen LogP contribution >= 0.6 is 11.8 Å². The fourth-order valence-corrected chi connectivity index (χ4v) is 3.58. The lowest BCUT2D eigenvalue weighted by Gasteiger charge is -2.08. The Kier molecular flexibility index (Phi) is 5.39. The molecular weight excluding hydrogens is 390 g/mol. The summed E-state index contributed by atoms with van der Waals surface area (Å²) in [4.78, 5) is 28.6. The summed E-state index contributed by atoms with van der Waals surface area (Å²) in [5.74, 6) is -0.417. The van der Waals surface area contributed by atoms with Crippen molar-refractivity contribution in [3.8, 4) is 0 Å². The van der Waals surface area contributed by atoms with Crippen molar-refractivity contribution in [2.24, 2.45) is 0 Å². The van der Waals surface area contributed by atoms with E-state index in [9.17, 15) is 9.59 Å². The molecule has 0 bridgehead atoms. The zero-order valence-electron chi connectivity index (χ0n) is 15.5. The Hall–Kier alpha value is -3.46. The van der Waals surface area contributed by atoms with Crippen molar-refractivity contribution >= 4 is 46.0 Å². The van der Waals surface area contributed by atoms with Crippen LogP contribution < -0.4 is 5.32 Å². The van der Waals surface area contributed by atoms with E-state index in [4.69, 9.17) is 4.74 Å². The number of benzene rings is 2. The van der Waals surface area contributed by atoms with E-state index < -0.39 is 0 Å². The van der Waals surface area contributed by atoms with Gasteiger partial charge in [0, 0.05) is 5.69 Å². The zero-order chi connectivity index (χ0) is 20.2. The van der Waals surface area contributed by atoms with E-state index >= 15 is 0 Å². The molecule has 0 fully saturated rings. The first-order chi connectivity index (χ1) is 14.2. The Balaban J connectivity index is 1.44. The number of fused-ring (bicyclic) bond motifs is 3. The van der Waals surface area contributed by atoms with Gasteiger partial charge < -0.3 is 10.1 Å². The largest absolute Gasteiger partial charge is 0.462 e. The number of amides is 1. The van der Waals surface area contributed by atoms with Crippen LogP contribution in [0.4, 0.5) is 5.69 Å². The third-order valence-electron chi connectivity index (χ3n) is 4.12. The highest BCUT2D eigenvalue weighted by molar-refractivity contribution is 8.00. The number of carbonyl (C=O) groups excluding carboxylic acids is 2. The molecule has 8 nitrogen and oxygen atoms in total. The monoisotopic (exact) mass is 407 g/mol. The maximum atomic E-state index is 12.4. The van der Waals surface area contributed by atoms with Gasteiger partial charge in [0.05, 0.1) is 29.0 Å². The maximum Gasteiger partial charge on any atom is 0.338 e. The van der Waals surface area contributed by atoms with Crippen molar-refractivity contribution in [3.63, 3.8) is 0 Å². The molecule has 0 aliphatic carbocycles. The van der Waals surface area contributed by atoms with Gasteiger partial charge in [0.15, 0.2) is 5.65 Å². The van der Waals surface area contributed by atoms with Crippen molar-refractivity contribution in [1.82, 2.24) is 19.6 Å². The Morgan fingerprint density at radius 3 is 2.72 bits per heavy atom. The number of nitrogens with zero attached hydrogens (tertiary/aromatic N) is 4. The molecular formula is C20H17N5O3S. The predicted octanol–water partition coefficient (Wildman–Crippen LogP) is 3.19. The van der Waals surface area contributed by atoms with Crippen LogP contribution in [0, 0.1) is 0 Å². The average Bonchev–Trinajstić information content (AvgIpc) is 3.23. The minimum Gasteiger partial charge on any atom is -0.462 e. The Bertz CT molecular complexity index is 1190. The number of esters is 1. The van der Waals surface area contributed by atoms with E-state index in [1.165, 1.54) is 11.8 Å². The van der Waals surface area contributed by atoms with Gasteiger partial charge >= 0.3 is 5.97 Å². The summed E-state index contributed by atoms with van der Waals surface area (Å²) >= 11 is 1.29. The quantitative estimate of drug-likeness (QED) is 0.387. The molecule has 4 rings (SSSR count). The van der Waals surface area contributed by atoms with Crippen LogP contribution in [0.1, 0.15) is 17.3 Å². The molecule has 0 spiro atoms. The highest BCUT2D eigenvalue weighted by atomic mass is 32.2. The van der Waals surface area contributed by atoms with Gasteiger partial charge in [-0.2, -0.15) is 0 Å². The van der Waals surface area contributed by atoms with Crippen molar-refractivity contribution < 1.29 is 14.3 Å². The number of carbonyl (C=O) groups is 2. The number of ether oxygens (including phenoxy) is 1. The molecule has 0 saturated heterocycles. The van der Waals surface area contributed by atoms with E-state index in [-0.39, 0.29) is 17.6 Å². The Morgan fingerprint density at radius 2 is 1.93 bits per heavy atom. The first kappa shape index (κ1) is 18.9. The van der Waals surface area contributed by atoms with Crippen molar-refractivity contribution in [3.05, 3.63) is 60.4 Å². The van der Waals surface area contributed by atoms with Crippen molar-refractivity contribution in [2.75, 3.05) is 17.7 Å². The van der Waals surface area contributed by atoms with Gasteiger partial charge in [-0.25, -0.2) is 9.78 Å². The van der Waals surface area contributed by atoms with Gasteiger partial charge in [0.25, 0.3) is 0 Å². The standard InChI is InChI=1S/C20H17N5O3S/c1-2-28-20(27)13-7-9-14(10-8-13)22-17(26)11-29-19-18-24-21-12-25(18)16-6-4-3-5-15(16)23-19/h3-10,12H,2,11H2,1H3,(H,22,26). The molecule has 2 aromatic heterocycles. The number of hydrogen-bond donors (Lipinski definition) is 1. The minimum absolute atomic E-state index is 0.160. The molecule has 0 radical (unpaired) electrons. The topological polar surface area (TPSA) is 98.5 Å². The lowest BCUT2D eigenvalue weighted by atomic mass is 10.2. The Labute approximate surface area is 170 Å². The third kappa shape index (κ3) is 4.04. The number of para-hydroxylation sites is 2. The first-order valence-electron chi connectivity index (χ1n) is 8.94. The van der Waals surface area contributed by atoms with Crippen LogP contribution in [0.25, 0.3) is 16.7 Å². The lowest BCUT2D eigenvalue weighted by molar-refractivity contribution is -0.113. The Morgan fingerprint density at radius 1 is 1.14 bits per heavy atom. The smallest absolute Gasteiger partial charge is 0.338 e. The summed E-state index contributed by atoms with van der Waals surface area (Å²) in [6.07, 6.45) is 1.63. The second-order valence-electron chi connectivity index (χ2n) is 6.06. The molecule has 0 aliphatic rings. The average molecular weight is 407 g/mol. The van der Waals surface area contributed by atoms with E-state index in [0.29, 0.717) is 28.5 Å². The van der Waals surface area contributed by atoms with Crippen molar-refractivity contribution in [1.29, 1.82) is 0 Å². The summed E-state index contributed by atoms with van der Waals surface area (Å²) in [6, 6.07) is 14.3. The summed E-state index contributed by atoms with van der Waals surface area (Å²) in [5, 5.41) is 11.5. The summed E-state index contributed by atoms with van der Waals surface area (Å²) in [6.45, 7) is 2.07. The van der Waals surface area contributed by atoms with Gasteiger partial charge in [-0.1, -0.05) is 23.9 Å². The van der Waals surface area contributed by atoms with Crippen molar-refractivity contribution in [2.45, 2.75) is 11.9 Å². The minimum atomic E-state index is -0.388. The summed E-state index contributed by atoms with van der Waals surface area (Å²) < 4.78 is 6.80. The van der Waals surface area contributed by atoms with Crippen LogP contribution in [-0.4, -0.2) is 43.8 Å². The van der Waals surface area contributed by atoms with Crippen LogP contribution in [0.2, 0.25) is 0 Å². The number of anilines is 1. The van der Waals surface area contributed by atoms with Gasteiger partial charge in [0.2, 0.25) is 5.91 Å². The molecule has 1 amide bonds. The number of hydrogen-bond acceptors (Lipinski definition) is 7. The number of aromatic nitrogens is 4. The second-order valence-corrected chi connectivity index (χ2v) is 7.03. The maximum absolute atomic E-state index is 12.4. The summed E-state index contributed by atoms with van der Waals surface area (Å²) in [5.41, 5.74) is 3.36. The SMILES string of the molecule is CCOC(=O)c1ccc(NC(=O)CSc2nc3ccccc3n3cnnc23)cc1. The molecule has 0 unspecified atom stereocenters. The van der Waals surface area contributed by atoms with Crippen LogP contribution in [0.3, 0.4) is 0 Å². The normalized spacial score (nSPS) is 10.9. The van der Waals surface area contributed by atoms with E-state index in [1.54, 1.807) is 37.5 Å². The molecule has 4 aromatic rings. The molecule has 0 saturated carbocycles. The fraction of sp³-hybridized carbons (Fsp3) is 0.150. The highest BCUT2D eigenvalue weighted by Gasteiger charge is 2.13. The van der Waals surface area contributed by atoms with Crippen LogP contribution in [0.5, 0.6) is 0 Å². The molecule has 0 aliphatic heterocycles. The summed E-state index contributed by atoms with van der Waals surface area (Å²) in [7, 11) is 0. The second kappa shape index (κ2) is 8.27. The van der Waals surface area contributed by atoms with E-state index in [1.807, 2.05) is 28.7 Å². The fourth-order valence-electron chi connectivity index (χ4n) is 2.81. The molecule has 29 heavy (non-hydrogen) atoms. The predicted molar refractivity (Wildman–Crippen MR) is 110 cm³/mol. The number of rotatable bonds is 6. The molecule has 2 aromatic carbocycles. The third-order valence-corrected chi connectivity index (χ3v) is 5.08. The molecule has 9 heteroatoms. The highest BCUT2D eigenvalue weighted by Crippen LogP contribution is 2.24. The molecule has 2 heterocycles. The molecule has 146 valence electrons. The molecule has 0 atom stereocenters.